The topological polar surface area (TPSA) is 43.4 Å². The molecule has 0 spiro atoms. The van der Waals surface area contributed by atoms with Crippen LogP contribution >= 0.6 is 0 Å². The Hall–Kier alpha value is -0.120. The fraction of sp³-hybridized carbons (Fsp3) is 0.833. The smallest absolute Gasteiger partial charge is 0.313 e. The third kappa shape index (κ3) is 13.9. The van der Waals surface area contributed by atoms with Crippen LogP contribution in [0.5, 0.6) is 0 Å². The first-order valence-electron chi connectivity index (χ1n) is 5.88. The molecule has 1 radical (unpaired) electrons. The molecule has 0 amide bonds. The molecule has 3 nitrogen and oxygen atoms in total. The molecular formula is C12H22AgO3. The summed E-state index contributed by atoms with van der Waals surface area (Å²) >= 11 is 0. The molecule has 0 saturated carbocycles. The molecule has 0 N–H and O–H groups in total. The summed E-state index contributed by atoms with van der Waals surface area (Å²) in [5, 5.41) is 0. The zero-order valence-electron chi connectivity index (χ0n) is 10.2. The molecule has 0 rings (SSSR count). The van der Waals surface area contributed by atoms with Gasteiger partial charge in [0.05, 0.1) is 0 Å². The summed E-state index contributed by atoms with van der Waals surface area (Å²) < 4.78 is 4.42. The summed E-state index contributed by atoms with van der Waals surface area (Å²) in [5.41, 5.74) is 0. The minimum Gasteiger partial charge on any atom is -0.393 e. The van der Waals surface area contributed by atoms with E-state index < -0.39 is 11.9 Å². The molecule has 0 aromatic heterocycles. The monoisotopic (exact) mass is 321 g/mol. The van der Waals surface area contributed by atoms with Gasteiger partial charge in [0.25, 0.3) is 0 Å². The van der Waals surface area contributed by atoms with Gasteiger partial charge in [0, 0.05) is 35.7 Å². The van der Waals surface area contributed by atoms with Gasteiger partial charge in [-0.05, 0) is 6.42 Å². The number of carbonyl (C=O) groups is 2. The van der Waals surface area contributed by atoms with Crippen molar-refractivity contribution in [2.75, 3.05) is 0 Å². The van der Waals surface area contributed by atoms with E-state index in [2.05, 4.69) is 11.7 Å². The van der Waals surface area contributed by atoms with Gasteiger partial charge in [0.15, 0.2) is 0 Å². The Labute approximate surface area is 114 Å². The standard InChI is InChI=1S/C12H22O3.Ag/c1-3-4-5-6-7-8-9-10-12(14)15-11(2)13;/h3-10H2,1-2H3;. The summed E-state index contributed by atoms with van der Waals surface area (Å²) in [4.78, 5) is 21.4. The van der Waals surface area contributed by atoms with E-state index in [0.717, 1.165) is 12.8 Å². The maximum absolute atomic E-state index is 10.9. The molecule has 0 aromatic rings. The van der Waals surface area contributed by atoms with Crippen molar-refractivity contribution in [3.05, 3.63) is 0 Å². The molecule has 0 atom stereocenters. The predicted molar refractivity (Wildman–Crippen MR) is 59.4 cm³/mol. The Balaban J connectivity index is 0. The van der Waals surface area contributed by atoms with Gasteiger partial charge in [0.2, 0.25) is 0 Å². The summed E-state index contributed by atoms with van der Waals surface area (Å²) in [6.07, 6.45) is 8.51. The predicted octanol–water partition coefficient (Wildman–Crippen LogP) is 3.21. The first-order chi connectivity index (χ1) is 7.16. The molecule has 0 aliphatic rings. The Morgan fingerprint density at radius 1 is 0.938 bits per heavy atom. The van der Waals surface area contributed by atoms with Crippen LogP contribution in [-0.4, -0.2) is 11.9 Å². The van der Waals surface area contributed by atoms with Crippen molar-refractivity contribution < 1.29 is 36.7 Å². The van der Waals surface area contributed by atoms with E-state index in [4.69, 9.17) is 0 Å². The van der Waals surface area contributed by atoms with Crippen LogP contribution in [0.1, 0.15) is 65.2 Å². The molecular weight excluding hydrogens is 300 g/mol. The largest absolute Gasteiger partial charge is 0.393 e. The second-order valence-corrected chi connectivity index (χ2v) is 3.84. The Kier molecular flexibility index (Phi) is 14.8. The number of esters is 2. The van der Waals surface area contributed by atoms with E-state index in [-0.39, 0.29) is 22.4 Å². The van der Waals surface area contributed by atoms with Crippen molar-refractivity contribution >= 4 is 11.9 Å². The average molecular weight is 322 g/mol. The van der Waals surface area contributed by atoms with Crippen LogP contribution in [0.15, 0.2) is 0 Å². The molecule has 4 heteroatoms. The van der Waals surface area contributed by atoms with E-state index in [1.165, 1.54) is 39.0 Å². The SMILES string of the molecule is CCCCCCCCCC(=O)OC(C)=O.[Ag]. The Morgan fingerprint density at radius 2 is 1.44 bits per heavy atom. The third-order valence-corrected chi connectivity index (χ3v) is 2.24. The summed E-state index contributed by atoms with van der Waals surface area (Å²) in [5.74, 6) is -0.904. The number of ether oxygens (including phenoxy) is 1. The molecule has 0 aliphatic carbocycles. The van der Waals surface area contributed by atoms with Gasteiger partial charge in [-0.1, -0.05) is 45.4 Å². The number of hydrogen-bond donors (Lipinski definition) is 0. The van der Waals surface area contributed by atoms with E-state index >= 15 is 0 Å². The summed E-state index contributed by atoms with van der Waals surface area (Å²) in [6, 6.07) is 0. The Bertz CT molecular complexity index is 193. The molecule has 0 heterocycles. The maximum Gasteiger partial charge on any atom is 0.313 e. The van der Waals surface area contributed by atoms with Gasteiger partial charge in [-0.15, -0.1) is 0 Å². The van der Waals surface area contributed by atoms with Gasteiger partial charge in [0.1, 0.15) is 0 Å². The van der Waals surface area contributed by atoms with E-state index in [1.807, 2.05) is 0 Å². The average Bonchev–Trinajstić information content (AvgIpc) is 2.15. The van der Waals surface area contributed by atoms with Gasteiger partial charge in [-0.2, -0.15) is 0 Å². The van der Waals surface area contributed by atoms with Crippen LogP contribution in [0.25, 0.3) is 0 Å². The molecule has 0 unspecified atom stereocenters. The van der Waals surface area contributed by atoms with Crippen molar-refractivity contribution in [1.82, 2.24) is 0 Å². The number of carbonyl (C=O) groups excluding carboxylic acids is 2. The molecule has 16 heavy (non-hydrogen) atoms. The maximum atomic E-state index is 10.9. The summed E-state index contributed by atoms with van der Waals surface area (Å²) in [7, 11) is 0. The minimum absolute atomic E-state index is 0. The molecule has 0 bridgehead atoms. The van der Waals surface area contributed by atoms with Gasteiger partial charge in [-0.3, -0.25) is 9.59 Å². The summed E-state index contributed by atoms with van der Waals surface area (Å²) in [6.45, 7) is 3.44. The van der Waals surface area contributed by atoms with Gasteiger partial charge in [-0.25, -0.2) is 0 Å². The fourth-order valence-corrected chi connectivity index (χ4v) is 1.44. The van der Waals surface area contributed by atoms with E-state index in [9.17, 15) is 9.59 Å². The van der Waals surface area contributed by atoms with Crippen molar-refractivity contribution in [2.45, 2.75) is 65.2 Å². The normalized spacial score (nSPS) is 9.38. The van der Waals surface area contributed by atoms with Crippen molar-refractivity contribution in [1.29, 1.82) is 0 Å². The second-order valence-electron chi connectivity index (χ2n) is 3.84. The fourth-order valence-electron chi connectivity index (χ4n) is 1.44. The number of unbranched alkanes of at least 4 members (excludes halogenated alkanes) is 6. The molecule has 0 aromatic carbocycles. The second kappa shape index (κ2) is 12.9. The third-order valence-electron chi connectivity index (χ3n) is 2.24. The molecule has 0 aliphatic heterocycles. The van der Waals surface area contributed by atoms with Crippen LogP contribution in [0.3, 0.4) is 0 Å². The van der Waals surface area contributed by atoms with Crippen molar-refractivity contribution in [2.24, 2.45) is 0 Å². The van der Waals surface area contributed by atoms with Crippen LogP contribution < -0.4 is 0 Å². The van der Waals surface area contributed by atoms with Crippen LogP contribution in [-0.2, 0) is 36.7 Å². The van der Waals surface area contributed by atoms with E-state index in [0.29, 0.717) is 6.42 Å². The van der Waals surface area contributed by atoms with Crippen molar-refractivity contribution in [3.8, 4) is 0 Å². The molecule has 99 valence electrons. The van der Waals surface area contributed by atoms with Crippen LogP contribution in [0.4, 0.5) is 0 Å². The molecule has 0 fully saturated rings. The zero-order valence-corrected chi connectivity index (χ0v) is 11.7. The number of hydrogen-bond acceptors (Lipinski definition) is 3. The molecule has 0 saturated heterocycles. The number of rotatable bonds is 8. The zero-order chi connectivity index (χ0) is 11.5. The minimum atomic E-state index is -0.511. The van der Waals surface area contributed by atoms with Crippen LogP contribution in [0, 0.1) is 0 Å². The van der Waals surface area contributed by atoms with Gasteiger partial charge < -0.3 is 4.74 Å². The Morgan fingerprint density at radius 3 is 1.94 bits per heavy atom. The quantitative estimate of drug-likeness (QED) is 0.298. The first-order valence-corrected chi connectivity index (χ1v) is 5.88. The first kappa shape index (κ1) is 18.3. The van der Waals surface area contributed by atoms with Crippen LogP contribution in [0.2, 0.25) is 0 Å². The van der Waals surface area contributed by atoms with Gasteiger partial charge >= 0.3 is 11.9 Å². The van der Waals surface area contributed by atoms with E-state index in [1.54, 1.807) is 0 Å². The van der Waals surface area contributed by atoms with Crippen molar-refractivity contribution in [3.63, 3.8) is 0 Å².